The third-order valence-corrected chi connectivity index (χ3v) is 4.96. The van der Waals surface area contributed by atoms with Crippen LogP contribution in [0.2, 0.25) is 5.15 Å². The van der Waals surface area contributed by atoms with Crippen LogP contribution in [-0.4, -0.2) is 24.4 Å². The SMILES string of the molecule is O=S1(=O)CCCCC1c1ccc(Cl)nn1. The normalized spacial score (nSPS) is 25.0. The number of aromatic nitrogens is 2. The van der Waals surface area contributed by atoms with E-state index in [4.69, 9.17) is 11.6 Å². The van der Waals surface area contributed by atoms with Crippen LogP contribution in [0.4, 0.5) is 0 Å². The van der Waals surface area contributed by atoms with Gasteiger partial charge in [-0.3, -0.25) is 0 Å². The molecule has 1 aliphatic rings. The lowest BCUT2D eigenvalue weighted by Gasteiger charge is -2.20. The molecule has 0 radical (unpaired) electrons. The Kier molecular flexibility index (Phi) is 2.93. The second-order valence-electron chi connectivity index (χ2n) is 3.63. The van der Waals surface area contributed by atoms with Crippen LogP contribution in [0.3, 0.4) is 0 Å². The topological polar surface area (TPSA) is 59.9 Å². The van der Waals surface area contributed by atoms with E-state index in [1.165, 1.54) is 0 Å². The molecule has 2 rings (SSSR count). The maximum atomic E-state index is 11.8. The van der Waals surface area contributed by atoms with Crippen molar-refractivity contribution in [1.82, 2.24) is 10.2 Å². The number of nitrogens with zero attached hydrogens (tertiary/aromatic N) is 2. The molecule has 2 heterocycles. The van der Waals surface area contributed by atoms with Crippen LogP contribution in [0, 0.1) is 0 Å². The Labute approximate surface area is 93.6 Å². The van der Waals surface area contributed by atoms with Crippen molar-refractivity contribution < 1.29 is 8.42 Å². The van der Waals surface area contributed by atoms with Gasteiger partial charge in [0, 0.05) is 0 Å². The first-order valence-electron chi connectivity index (χ1n) is 4.80. The third-order valence-electron chi connectivity index (χ3n) is 2.56. The maximum absolute atomic E-state index is 11.8. The van der Waals surface area contributed by atoms with Crippen molar-refractivity contribution in [2.75, 3.05) is 5.75 Å². The number of hydrogen-bond donors (Lipinski definition) is 0. The van der Waals surface area contributed by atoms with Crippen molar-refractivity contribution in [2.24, 2.45) is 0 Å². The van der Waals surface area contributed by atoms with E-state index in [0.717, 1.165) is 12.8 Å². The monoisotopic (exact) mass is 246 g/mol. The molecule has 0 aromatic carbocycles. The van der Waals surface area contributed by atoms with Gasteiger partial charge in [-0.05, 0) is 25.0 Å². The zero-order valence-corrected chi connectivity index (χ0v) is 9.63. The Morgan fingerprint density at radius 2 is 2.07 bits per heavy atom. The molecule has 0 aliphatic carbocycles. The molecule has 15 heavy (non-hydrogen) atoms. The molecule has 0 spiro atoms. The van der Waals surface area contributed by atoms with Gasteiger partial charge in [-0.2, -0.15) is 5.10 Å². The van der Waals surface area contributed by atoms with Crippen LogP contribution in [0.1, 0.15) is 30.2 Å². The second-order valence-corrected chi connectivity index (χ2v) is 6.32. The molecule has 1 aliphatic heterocycles. The quantitative estimate of drug-likeness (QED) is 0.758. The Balaban J connectivity index is 2.33. The molecule has 82 valence electrons. The molecular formula is C9H11ClN2O2S. The van der Waals surface area contributed by atoms with Crippen molar-refractivity contribution in [3.63, 3.8) is 0 Å². The van der Waals surface area contributed by atoms with E-state index in [1.807, 2.05) is 0 Å². The number of sulfone groups is 1. The number of halogens is 1. The minimum Gasteiger partial charge on any atom is -0.228 e. The fraction of sp³-hybridized carbons (Fsp3) is 0.556. The average Bonchev–Trinajstić information content (AvgIpc) is 2.19. The van der Waals surface area contributed by atoms with Crippen molar-refractivity contribution >= 4 is 21.4 Å². The van der Waals surface area contributed by atoms with Crippen molar-refractivity contribution in [2.45, 2.75) is 24.5 Å². The zero-order chi connectivity index (χ0) is 10.9. The first kappa shape index (κ1) is 10.8. The summed E-state index contributed by atoms with van der Waals surface area (Å²) in [7, 11) is -3.04. The maximum Gasteiger partial charge on any atom is 0.158 e. The molecule has 1 aromatic heterocycles. The summed E-state index contributed by atoms with van der Waals surface area (Å²) in [6.07, 6.45) is 2.31. The number of rotatable bonds is 1. The van der Waals surface area contributed by atoms with Gasteiger partial charge < -0.3 is 0 Å². The first-order valence-corrected chi connectivity index (χ1v) is 6.89. The highest BCUT2D eigenvalue weighted by Gasteiger charge is 2.31. The van der Waals surface area contributed by atoms with Gasteiger partial charge in [0.15, 0.2) is 15.0 Å². The van der Waals surface area contributed by atoms with E-state index in [9.17, 15) is 8.42 Å². The van der Waals surface area contributed by atoms with Gasteiger partial charge in [0.1, 0.15) is 5.25 Å². The fourth-order valence-corrected chi connectivity index (χ4v) is 3.80. The Morgan fingerprint density at radius 1 is 1.27 bits per heavy atom. The van der Waals surface area contributed by atoms with E-state index >= 15 is 0 Å². The van der Waals surface area contributed by atoms with E-state index in [1.54, 1.807) is 12.1 Å². The molecule has 4 nitrogen and oxygen atoms in total. The van der Waals surface area contributed by atoms with Crippen LogP contribution in [-0.2, 0) is 9.84 Å². The summed E-state index contributed by atoms with van der Waals surface area (Å²) in [5.41, 5.74) is 0.513. The molecule has 0 amide bonds. The molecular weight excluding hydrogens is 236 g/mol. The summed E-state index contributed by atoms with van der Waals surface area (Å²) in [6.45, 7) is 0. The fourth-order valence-electron chi connectivity index (χ4n) is 1.78. The highest BCUT2D eigenvalue weighted by atomic mass is 35.5. The minimum absolute atomic E-state index is 0.252. The predicted molar refractivity (Wildman–Crippen MR) is 57.4 cm³/mol. The van der Waals surface area contributed by atoms with Gasteiger partial charge in [0.25, 0.3) is 0 Å². The summed E-state index contributed by atoms with van der Waals surface area (Å²) in [4.78, 5) is 0. The molecule has 1 fully saturated rings. The average molecular weight is 247 g/mol. The summed E-state index contributed by atoms with van der Waals surface area (Å²) in [5, 5.41) is 7.30. The third kappa shape index (κ3) is 2.29. The molecule has 0 bridgehead atoms. The Hall–Kier alpha value is -0.680. The lowest BCUT2D eigenvalue weighted by atomic mass is 10.1. The van der Waals surface area contributed by atoms with E-state index in [0.29, 0.717) is 12.1 Å². The summed E-state index contributed by atoms with van der Waals surface area (Å²) in [6, 6.07) is 3.22. The summed E-state index contributed by atoms with van der Waals surface area (Å²) in [5.74, 6) is 0.252. The highest BCUT2D eigenvalue weighted by molar-refractivity contribution is 7.91. The van der Waals surface area contributed by atoms with Crippen LogP contribution >= 0.6 is 11.6 Å². The van der Waals surface area contributed by atoms with Crippen LogP contribution in [0.5, 0.6) is 0 Å². The van der Waals surface area contributed by atoms with Crippen molar-refractivity contribution in [3.05, 3.63) is 23.0 Å². The molecule has 1 aromatic rings. The van der Waals surface area contributed by atoms with Crippen molar-refractivity contribution in [3.8, 4) is 0 Å². The molecule has 6 heteroatoms. The molecule has 0 saturated carbocycles. The Morgan fingerprint density at radius 3 is 2.67 bits per heavy atom. The molecule has 1 unspecified atom stereocenters. The predicted octanol–water partition coefficient (Wildman–Crippen LogP) is 1.77. The van der Waals surface area contributed by atoms with Gasteiger partial charge in [-0.25, -0.2) is 8.42 Å². The van der Waals surface area contributed by atoms with E-state index in [2.05, 4.69) is 10.2 Å². The molecule has 0 N–H and O–H groups in total. The minimum atomic E-state index is -3.04. The summed E-state index contributed by atoms with van der Waals surface area (Å²) >= 11 is 5.60. The van der Waals surface area contributed by atoms with E-state index in [-0.39, 0.29) is 10.9 Å². The lowest BCUT2D eigenvalue weighted by Crippen LogP contribution is -2.22. The molecule has 1 atom stereocenters. The van der Waals surface area contributed by atoms with Gasteiger partial charge in [-0.1, -0.05) is 18.0 Å². The zero-order valence-electron chi connectivity index (χ0n) is 8.06. The molecule has 1 saturated heterocycles. The largest absolute Gasteiger partial charge is 0.228 e. The van der Waals surface area contributed by atoms with Crippen LogP contribution in [0.25, 0.3) is 0 Å². The van der Waals surface area contributed by atoms with Crippen LogP contribution < -0.4 is 0 Å². The van der Waals surface area contributed by atoms with Gasteiger partial charge in [-0.15, -0.1) is 5.10 Å². The first-order chi connectivity index (χ1) is 7.09. The second kappa shape index (κ2) is 4.06. The highest BCUT2D eigenvalue weighted by Crippen LogP contribution is 2.31. The number of hydrogen-bond acceptors (Lipinski definition) is 4. The Bertz CT molecular complexity index is 444. The lowest BCUT2D eigenvalue weighted by molar-refractivity contribution is 0.541. The van der Waals surface area contributed by atoms with Gasteiger partial charge >= 0.3 is 0 Å². The smallest absolute Gasteiger partial charge is 0.158 e. The van der Waals surface area contributed by atoms with Gasteiger partial charge in [0.2, 0.25) is 0 Å². The van der Waals surface area contributed by atoms with E-state index < -0.39 is 15.1 Å². The van der Waals surface area contributed by atoms with Crippen molar-refractivity contribution in [1.29, 1.82) is 0 Å². The van der Waals surface area contributed by atoms with Crippen LogP contribution in [0.15, 0.2) is 12.1 Å². The standard InChI is InChI=1S/C9H11ClN2O2S/c10-9-5-4-7(11-12-9)8-3-1-2-6-15(8,13)14/h4-5,8H,1-3,6H2. The van der Waals surface area contributed by atoms with Gasteiger partial charge in [0.05, 0.1) is 11.4 Å². The summed E-state index contributed by atoms with van der Waals surface area (Å²) < 4.78 is 23.5.